The first-order valence-electron chi connectivity index (χ1n) is 6.37. The number of nitrogens with zero attached hydrogens (tertiary/aromatic N) is 2. The lowest BCUT2D eigenvalue weighted by molar-refractivity contribution is 0.00768. The van der Waals surface area contributed by atoms with Crippen molar-refractivity contribution in [3.63, 3.8) is 0 Å². The van der Waals surface area contributed by atoms with Gasteiger partial charge in [-0.05, 0) is 38.8 Å². The summed E-state index contributed by atoms with van der Waals surface area (Å²) in [6.45, 7) is 4.53. The molecule has 0 spiro atoms. The van der Waals surface area contributed by atoms with Crippen LogP contribution in [0.5, 0.6) is 5.75 Å². The SMILES string of the molecule is Cc1c(O)cccc1-c1nc(C2(C)CCCO2)no1. The van der Waals surface area contributed by atoms with Crippen molar-refractivity contribution in [2.24, 2.45) is 0 Å². The maximum Gasteiger partial charge on any atom is 0.258 e. The molecule has 1 aliphatic rings. The molecule has 100 valence electrons. The summed E-state index contributed by atoms with van der Waals surface area (Å²) in [6, 6.07) is 5.25. The van der Waals surface area contributed by atoms with Crippen LogP contribution in [0.25, 0.3) is 11.5 Å². The second kappa shape index (κ2) is 4.35. The number of hydrogen-bond donors (Lipinski definition) is 1. The number of ether oxygens (including phenoxy) is 1. The Kier molecular flexibility index (Phi) is 2.78. The van der Waals surface area contributed by atoms with Crippen molar-refractivity contribution in [1.29, 1.82) is 0 Å². The van der Waals surface area contributed by atoms with Crippen LogP contribution in [0.1, 0.15) is 31.2 Å². The Morgan fingerprint density at radius 2 is 2.21 bits per heavy atom. The Hall–Kier alpha value is -1.88. The number of hydrogen-bond acceptors (Lipinski definition) is 5. The third-order valence-electron chi connectivity index (χ3n) is 3.65. The number of phenolic OH excluding ortho intramolecular Hbond substituents is 1. The van der Waals surface area contributed by atoms with Crippen molar-refractivity contribution in [1.82, 2.24) is 10.1 Å². The van der Waals surface area contributed by atoms with Crippen LogP contribution >= 0.6 is 0 Å². The third-order valence-corrected chi connectivity index (χ3v) is 3.65. The van der Waals surface area contributed by atoms with Crippen molar-refractivity contribution in [3.8, 4) is 17.2 Å². The van der Waals surface area contributed by atoms with Gasteiger partial charge in [0.1, 0.15) is 11.4 Å². The van der Waals surface area contributed by atoms with E-state index in [1.807, 2.05) is 19.9 Å². The van der Waals surface area contributed by atoms with Gasteiger partial charge in [0.15, 0.2) is 0 Å². The predicted molar refractivity (Wildman–Crippen MR) is 68.7 cm³/mol. The monoisotopic (exact) mass is 260 g/mol. The van der Waals surface area contributed by atoms with E-state index in [2.05, 4.69) is 10.1 Å². The highest BCUT2D eigenvalue weighted by Gasteiger charge is 2.36. The van der Waals surface area contributed by atoms with E-state index in [9.17, 15) is 5.11 Å². The number of aromatic nitrogens is 2. The fourth-order valence-electron chi connectivity index (χ4n) is 2.36. The zero-order valence-electron chi connectivity index (χ0n) is 11.0. The van der Waals surface area contributed by atoms with Crippen LogP contribution in [0.4, 0.5) is 0 Å². The molecule has 5 nitrogen and oxygen atoms in total. The summed E-state index contributed by atoms with van der Waals surface area (Å²) in [5.41, 5.74) is 1.03. The summed E-state index contributed by atoms with van der Waals surface area (Å²) < 4.78 is 11.0. The molecule has 1 saturated heterocycles. The van der Waals surface area contributed by atoms with Crippen LogP contribution in [0, 0.1) is 6.92 Å². The van der Waals surface area contributed by atoms with Gasteiger partial charge in [0.25, 0.3) is 5.89 Å². The predicted octanol–water partition coefficient (Wildman–Crippen LogP) is 2.78. The van der Waals surface area contributed by atoms with E-state index in [1.54, 1.807) is 12.1 Å². The highest BCUT2D eigenvalue weighted by atomic mass is 16.5. The van der Waals surface area contributed by atoms with E-state index >= 15 is 0 Å². The molecule has 1 fully saturated rings. The Labute approximate surface area is 111 Å². The average Bonchev–Trinajstić information content (AvgIpc) is 3.02. The van der Waals surface area contributed by atoms with Gasteiger partial charge in [0.2, 0.25) is 5.82 Å². The molecule has 0 bridgehead atoms. The molecule has 0 radical (unpaired) electrons. The van der Waals surface area contributed by atoms with Crippen LogP contribution in [0.3, 0.4) is 0 Å². The molecule has 1 N–H and O–H groups in total. The molecule has 2 aromatic rings. The van der Waals surface area contributed by atoms with Crippen LogP contribution in [0.2, 0.25) is 0 Å². The average molecular weight is 260 g/mol. The fraction of sp³-hybridized carbons (Fsp3) is 0.429. The molecule has 3 rings (SSSR count). The third kappa shape index (κ3) is 2.00. The molecule has 1 unspecified atom stereocenters. The zero-order chi connectivity index (χ0) is 13.5. The molecule has 1 aliphatic heterocycles. The highest BCUT2D eigenvalue weighted by Crippen LogP contribution is 2.35. The minimum absolute atomic E-state index is 0.223. The van der Waals surface area contributed by atoms with E-state index < -0.39 is 5.60 Å². The molecule has 5 heteroatoms. The van der Waals surface area contributed by atoms with Gasteiger partial charge in [-0.3, -0.25) is 0 Å². The van der Waals surface area contributed by atoms with Crippen molar-refractivity contribution < 1.29 is 14.4 Å². The lowest BCUT2D eigenvalue weighted by Gasteiger charge is -2.17. The van der Waals surface area contributed by atoms with E-state index in [-0.39, 0.29) is 5.75 Å². The molecule has 1 aromatic heterocycles. The normalized spacial score (nSPS) is 22.8. The Morgan fingerprint density at radius 1 is 1.37 bits per heavy atom. The number of aromatic hydroxyl groups is 1. The molecule has 19 heavy (non-hydrogen) atoms. The molecule has 1 aromatic carbocycles. The minimum Gasteiger partial charge on any atom is -0.508 e. The van der Waals surface area contributed by atoms with Gasteiger partial charge in [0.05, 0.1) is 0 Å². The van der Waals surface area contributed by atoms with Gasteiger partial charge >= 0.3 is 0 Å². The lowest BCUT2D eigenvalue weighted by Crippen LogP contribution is -2.21. The van der Waals surface area contributed by atoms with E-state index in [4.69, 9.17) is 9.26 Å². The summed E-state index contributed by atoms with van der Waals surface area (Å²) in [6.07, 6.45) is 1.90. The minimum atomic E-state index is -0.452. The molecule has 0 saturated carbocycles. The Balaban J connectivity index is 1.99. The summed E-state index contributed by atoms with van der Waals surface area (Å²) >= 11 is 0. The van der Waals surface area contributed by atoms with Gasteiger partial charge < -0.3 is 14.4 Å². The number of phenols is 1. The zero-order valence-corrected chi connectivity index (χ0v) is 11.0. The molecule has 0 amide bonds. The van der Waals surface area contributed by atoms with Gasteiger partial charge in [-0.15, -0.1) is 0 Å². The lowest BCUT2D eigenvalue weighted by atomic mass is 10.0. The number of benzene rings is 1. The number of rotatable bonds is 2. The van der Waals surface area contributed by atoms with Crippen molar-refractivity contribution in [2.75, 3.05) is 6.61 Å². The fourth-order valence-corrected chi connectivity index (χ4v) is 2.36. The van der Waals surface area contributed by atoms with Gasteiger partial charge in [-0.1, -0.05) is 11.2 Å². The second-order valence-corrected chi connectivity index (χ2v) is 5.06. The van der Waals surface area contributed by atoms with Gasteiger partial charge in [0, 0.05) is 17.7 Å². The van der Waals surface area contributed by atoms with Gasteiger partial charge in [-0.2, -0.15) is 4.98 Å². The Morgan fingerprint density at radius 3 is 2.95 bits per heavy atom. The smallest absolute Gasteiger partial charge is 0.258 e. The maximum absolute atomic E-state index is 9.72. The molecular formula is C14H16N2O3. The first-order valence-corrected chi connectivity index (χ1v) is 6.37. The van der Waals surface area contributed by atoms with E-state index in [0.717, 1.165) is 30.6 Å². The van der Waals surface area contributed by atoms with E-state index in [1.165, 1.54) is 0 Å². The second-order valence-electron chi connectivity index (χ2n) is 5.06. The van der Waals surface area contributed by atoms with Crippen LogP contribution < -0.4 is 0 Å². The van der Waals surface area contributed by atoms with Crippen LogP contribution in [0.15, 0.2) is 22.7 Å². The van der Waals surface area contributed by atoms with Crippen molar-refractivity contribution in [3.05, 3.63) is 29.6 Å². The Bertz CT molecular complexity index is 600. The molecular weight excluding hydrogens is 244 g/mol. The maximum atomic E-state index is 9.72. The van der Waals surface area contributed by atoms with Crippen LogP contribution in [-0.2, 0) is 10.3 Å². The van der Waals surface area contributed by atoms with Crippen molar-refractivity contribution >= 4 is 0 Å². The topological polar surface area (TPSA) is 68.4 Å². The summed E-state index contributed by atoms with van der Waals surface area (Å²) in [5.74, 6) is 1.21. The van der Waals surface area contributed by atoms with Crippen molar-refractivity contribution in [2.45, 2.75) is 32.3 Å². The standard InChI is InChI=1S/C14H16N2O3/c1-9-10(5-3-6-11(9)17)12-15-13(16-19-12)14(2)7-4-8-18-14/h3,5-6,17H,4,7-8H2,1-2H3. The van der Waals surface area contributed by atoms with Gasteiger partial charge in [-0.25, -0.2) is 0 Å². The summed E-state index contributed by atoms with van der Waals surface area (Å²) in [5, 5.41) is 13.7. The quantitative estimate of drug-likeness (QED) is 0.899. The van der Waals surface area contributed by atoms with Crippen LogP contribution in [-0.4, -0.2) is 21.9 Å². The molecule has 1 atom stereocenters. The largest absolute Gasteiger partial charge is 0.508 e. The van der Waals surface area contributed by atoms with E-state index in [0.29, 0.717) is 11.7 Å². The first kappa shape index (κ1) is 12.2. The molecule has 0 aliphatic carbocycles. The highest BCUT2D eigenvalue weighted by molar-refractivity contribution is 5.61. The molecule has 2 heterocycles. The summed E-state index contributed by atoms with van der Waals surface area (Å²) in [4.78, 5) is 4.42. The first-order chi connectivity index (χ1) is 9.10. The summed E-state index contributed by atoms with van der Waals surface area (Å²) in [7, 11) is 0.